The van der Waals surface area contributed by atoms with Gasteiger partial charge in [-0.2, -0.15) is 0 Å². The molecule has 0 amide bonds. The number of rotatable bonds is 6. The van der Waals surface area contributed by atoms with Crippen molar-refractivity contribution in [3.05, 3.63) is 78.8 Å². The summed E-state index contributed by atoms with van der Waals surface area (Å²) in [5, 5.41) is 0. The number of para-hydroxylation sites is 1. The quantitative estimate of drug-likeness (QED) is 0.548. The molecule has 1 aromatic heterocycles. The van der Waals surface area contributed by atoms with Crippen molar-refractivity contribution in [3.63, 3.8) is 0 Å². The summed E-state index contributed by atoms with van der Waals surface area (Å²) in [6, 6.07) is 16.4. The van der Waals surface area contributed by atoms with Gasteiger partial charge >= 0.3 is 0 Å². The Bertz CT molecular complexity index is 847. The molecule has 0 unspecified atom stereocenters. The molecule has 0 atom stereocenters. The molecule has 0 aliphatic heterocycles. The molecule has 0 aliphatic carbocycles. The van der Waals surface area contributed by atoms with Crippen LogP contribution in [0, 0.1) is 0 Å². The van der Waals surface area contributed by atoms with Gasteiger partial charge in [0, 0.05) is 32.4 Å². The van der Waals surface area contributed by atoms with Crippen molar-refractivity contribution in [2.24, 2.45) is 0 Å². The average molecular weight is 332 g/mol. The maximum atomic E-state index is 6.25. The minimum absolute atomic E-state index is 0.799. The van der Waals surface area contributed by atoms with E-state index in [1.165, 1.54) is 0 Å². The smallest absolute Gasteiger partial charge is 0.0956 e. The number of anilines is 2. The van der Waals surface area contributed by atoms with E-state index in [1.54, 1.807) is 0 Å². The Balaban J connectivity index is 1.61. The topological polar surface area (TPSA) is 47.1 Å². The third kappa shape index (κ3) is 4.10. The lowest BCUT2D eigenvalue weighted by atomic mass is 10.1. The van der Waals surface area contributed by atoms with Gasteiger partial charge in [0.25, 0.3) is 0 Å². The van der Waals surface area contributed by atoms with Gasteiger partial charge in [0.15, 0.2) is 0 Å². The number of nitrogens with two attached hydrogens (primary N) is 1. The predicted molar refractivity (Wildman–Crippen MR) is 106 cm³/mol. The van der Waals surface area contributed by atoms with Crippen LogP contribution in [0.2, 0.25) is 0 Å². The van der Waals surface area contributed by atoms with Crippen molar-refractivity contribution in [2.45, 2.75) is 13.0 Å². The van der Waals surface area contributed by atoms with Crippen molar-refractivity contribution in [3.8, 4) is 11.3 Å². The molecular formula is C21H24N4. The van der Waals surface area contributed by atoms with E-state index in [0.717, 1.165) is 41.2 Å². The minimum atomic E-state index is 0.799. The molecule has 0 fully saturated rings. The maximum Gasteiger partial charge on any atom is 0.0956 e. The summed E-state index contributed by atoms with van der Waals surface area (Å²) >= 11 is 0. The maximum absolute atomic E-state index is 6.25. The molecule has 0 aliphatic rings. The van der Waals surface area contributed by atoms with Crippen molar-refractivity contribution < 1.29 is 0 Å². The molecule has 0 radical (unpaired) electrons. The molecule has 3 aromatic rings. The van der Waals surface area contributed by atoms with Crippen LogP contribution in [0.25, 0.3) is 11.3 Å². The van der Waals surface area contributed by atoms with E-state index < -0.39 is 0 Å². The third-order valence-corrected chi connectivity index (χ3v) is 4.18. The van der Waals surface area contributed by atoms with E-state index in [2.05, 4.69) is 52.2 Å². The Morgan fingerprint density at radius 2 is 1.84 bits per heavy atom. The minimum Gasteiger partial charge on any atom is -0.397 e. The van der Waals surface area contributed by atoms with Crippen LogP contribution >= 0.6 is 0 Å². The van der Waals surface area contributed by atoms with E-state index in [9.17, 15) is 0 Å². The Kier molecular flexibility index (Phi) is 5.19. The van der Waals surface area contributed by atoms with Crippen LogP contribution < -0.4 is 10.6 Å². The average Bonchev–Trinajstić information content (AvgIpc) is 3.09. The zero-order valence-corrected chi connectivity index (χ0v) is 14.8. The molecule has 128 valence electrons. The number of imidazole rings is 1. The molecule has 2 aromatic carbocycles. The Morgan fingerprint density at radius 3 is 2.60 bits per heavy atom. The van der Waals surface area contributed by atoms with E-state index >= 15 is 0 Å². The summed E-state index contributed by atoms with van der Waals surface area (Å²) in [6.45, 7) is 0.799. The molecule has 0 spiro atoms. The molecule has 4 heteroatoms. The molecule has 4 nitrogen and oxygen atoms in total. The fourth-order valence-electron chi connectivity index (χ4n) is 2.79. The van der Waals surface area contributed by atoms with Crippen molar-refractivity contribution >= 4 is 11.4 Å². The van der Waals surface area contributed by atoms with Crippen LogP contribution in [-0.2, 0) is 13.0 Å². The Labute approximate surface area is 149 Å². The first-order valence-electron chi connectivity index (χ1n) is 8.42. The van der Waals surface area contributed by atoms with Gasteiger partial charge in [0.2, 0.25) is 0 Å². The van der Waals surface area contributed by atoms with Crippen LogP contribution in [0.5, 0.6) is 0 Å². The van der Waals surface area contributed by atoms with Crippen molar-refractivity contribution in [2.75, 3.05) is 24.7 Å². The molecule has 1 heterocycles. The number of aromatic nitrogens is 2. The van der Waals surface area contributed by atoms with Gasteiger partial charge in [-0.05, 0) is 18.1 Å². The summed E-state index contributed by atoms with van der Waals surface area (Å²) < 4.78 is 2.08. The van der Waals surface area contributed by atoms with Crippen LogP contribution in [0.1, 0.15) is 5.56 Å². The SMILES string of the molecule is CN(C)c1cccc(CC=CCn2cnc(-c3ccccc3)c2)c1N. The number of benzene rings is 2. The number of hydrogen-bond acceptors (Lipinski definition) is 3. The van der Waals surface area contributed by atoms with Gasteiger partial charge in [0.05, 0.1) is 23.4 Å². The first kappa shape index (κ1) is 16.8. The molecule has 0 bridgehead atoms. The van der Waals surface area contributed by atoms with Crippen LogP contribution in [0.15, 0.2) is 73.2 Å². The number of nitrogens with zero attached hydrogens (tertiary/aromatic N) is 3. The lowest BCUT2D eigenvalue weighted by Gasteiger charge is -2.17. The normalized spacial score (nSPS) is 11.1. The highest BCUT2D eigenvalue weighted by molar-refractivity contribution is 5.70. The summed E-state index contributed by atoms with van der Waals surface area (Å²) in [5.74, 6) is 0. The van der Waals surface area contributed by atoms with Gasteiger partial charge in [-0.15, -0.1) is 0 Å². The fraction of sp³-hybridized carbons (Fsp3) is 0.190. The first-order valence-corrected chi connectivity index (χ1v) is 8.42. The number of allylic oxidation sites excluding steroid dienone is 2. The molecule has 2 N–H and O–H groups in total. The second-order valence-electron chi connectivity index (χ2n) is 6.24. The Hall–Kier alpha value is -3.01. The number of nitrogen functional groups attached to an aromatic ring is 1. The zero-order chi connectivity index (χ0) is 17.6. The predicted octanol–water partition coefficient (Wildman–Crippen LogP) is 4.00. The highest BCUT2D eigenvalue weighted by Gasteiger charge is 2.05. The third-order valence-electron chi connectivity index (χ3n) is 4.18. The van der Waals surface area contributed by atoms with Crippen LogP contribution in [0.3, 0.4) is 0 Å². The molecule has 0 saturated carbocycles. The van der Waals surface area contributed by atoms with E-state index in [4.69, 9.17) is 5.73 Å². The summed E-state index contributed by atoms with van der Waals surface area (Å²) in [6.07, 6.45) is 9.08. The zero-order valence-electron chi connectivity index (χ0n) is 14.8. The van der Waals surface area contributed by atoms with Gasteiger partial charge in [0.1, 0.15) is 0 Å². The second kappa shape index (κ2) is 7.71. The lowest BCUT2D eigenvalue weighted by Crippen LogP contribution is -2.12. The lowest BCUT2D eigenvalue weighted by molar-refractivity contribution is 0.818. The molecular weight excluding hydrogens is 308 g/mol. The molecule has 3 rings (SSSR count). The summed E-state index contributed by atoms with van der Waals surface area (Å²) in [5.41, 5.74) is 11.5. The largest absolute Gasteiger partial charge is 0.397 e. The van der Waals surface area contributed by atoms with Gasteiger partial charge in [-0.25, -0.2) is 4.98 Å². The first-order chi connectivity index (χ1) is 12.1. The van der Waals surface area contributed by atoms with Gasteiger partial charge < -0.3 is 15.2 Å². The fourth-order valence-corrected chi connectivity index (χ4v) is 2.79. The van der Waals surface area contributed by atoms with Crippen molar-refractivity contribution in [1.82, 2.24) is 9.55 Å². The second-order valence-corrected chi connectivity index (χ2v) is 6.24. The number of hydrogen-bond donors (Lipinski definition) is 1. The van der Waals surface area contributed by atoms with Crippen LogP contribution in [0.4, 0.5) is 11.4 Å². The monoisotopic (exact) mass is 332 g/mol. The van der Waals surface area contributed by atoms with E-state index in [-0.39, 0.29) is 0 Å². The Morgan fingerprint density at radius 1 is 1.04 bits per heavy atom. The summed E-state index contributed by atoms with van der Waals surface area (Å²) in [7, 11) is 4.02. The standard InChI is InChI=1S/C21H24N4/c1-24(2)20-13-8-12-18(21(20)22)11-6-7-14-25-15-19(23-16-25)17-9-4-3-5-10-17/h3-10,12-13,15-16H,11,14,22H2,1-2H3. The highest BCUT2D eigenvalue weighted by Crippen LogP contribution is 2.25. The van der Waals surface area contributed by atoms with E-state index in [1.807, 2.05) is 49.6 Å². The molecule has 25 heavy (non-hydrogen) atoms. The van der Waals surface area contributed by atoms with Gasteiger partial charge in [-0.1, -0.05) is 54.6 Å². The molecule has 0 saturated heterocycles. The summed E-state index contributed by atoms with van der Waals surface area (Å²) in [4.78, 5) is 6.51. The van der Waals surface area contributed by atoms with E-state index in [0.29, 0.717) is 0 Å². The van der Waals surface area contributed by atoms with Crippen molar-refractivity contribution in [1.29, 1.82) is 0 Å². The highest BCUT2D eigenvalue weighted by atomic mass is 15.1. The van der Waals surface area contributed by atoms with Crippen LogP contribution in [-0.4, -0.2) is 23.6 Å². The van der Waals surface area contributed by atoms with Gasteiger partial charge in [-0.3, -0.25) is 0 Å².